The van der Waals surface area contributed by atoms with Crippen molar-refractivity contribution < 1.29 is 9.18 Å². The minimum absolute atomic E-state index is 0.168. The first-order valence-corrected chi connectivity index (χ1v) is 5.38. The van der Waals surface area contributed by atoms with Gasteiger partial charge in [0.15, 0.2) is 0 Å². The number of nitrogens with one attached hydrogen (secondary N) is 1. The van der Waals surface area contributed by atoms with Crippen molar-refractivity contribution >= 4 is 23.2 Å². The molecule has 1 unspecified atom stereocenters. The number of amides is 1. The number of benzene rings is 1. The largest absolute Gasteiger partial charge is 0.330 e. The summed E-state index contributed by atoms with van der Waals surface area (Å²) in [5, 5.41) is 2.82. The van der Waals surface area contributed by atoms with Crippen LogP contribution in [-0.2, 0) is 4.79 Å². The van der Waals surface area contributed by atoms with Crippen molar-refractivity contribution in [1.29, 1.82) is 0 Å². The number of rotatable bonds is 4. The van der Waals surface area contributed by atoms with E-state index >= 15 is 0 Å². The fourth-order valence-corrected chi connectivity index (χ4v) is 1.44. The van der Waals surface area contributed by atoms with Crippen LogP contribution >= 0.6 is 11.6 Å². The SMILES string of the molecule is CC(CCN)C(=O)Nc1ccc(F)cc1Cl. The van der Waals surface area contributed by atoms with Crippen molar-refractivity contribution in [3.63, 3.8) is 0 Å². The van der Waals surface area contributed by atoms with Crippen LogP contribution in [0, 0.1) is 11.7 Å². The number of anilines is 1. The van der Waals surface area contributed by atoms with Crippen LogP contribution in [0.2, 0.25) is 5.02 Å². The Morgan fingerprint density at radius 2 is 2.31 bits per heavy atom. The predicted octanol–water partition coefficient (Wildman–Crippen LogP) is 2.40. The standard InChI is InChI=1S/C11H14ClFN2O/c1-7(4-5-14)11(16)15-10-3-2-8(13)6-9(10)12/h2-3,6-7H,4-5,14H2,1H3,(H,15,16). The molecule has 1 rings (SSSR count). The maximum Gasteiger partial charge on any atom is 0.227 e. The lowest BCUT2D eigenvalue weighted by Gasteiger charge is -2.12. The molecule has 3 N–H and O–H groups in total. The van der Waals surface area contributed by atoms with Crippen molar-refractivity contribution in [3.8, 4) is 0 Å². The van der Waals surface area contributed by atoms with Gasteiger partial charge in [0.2, 0.25) is 5.91 Å². The first-order chi connectivity index (χ1) is 7.54. The summed E-state index contributed by atoms with van der Waals surface area (Å²) in [6, 6.07) is 3.84. The molecule has 16 heavy (non-hydrogen) atoms. The minimum Gasteiger partial charge on any atom is -0.330 e. The zero-order valence-corrected chi connectivity index (χ0v) is 9.72. The van der Waals surface area contributed by atoms with Crippen molar-refractivity contribution in [3.05, 3.63) is 29.0 Å². The van der Waals surface area contributed by atoms with Crippen LogP contribution in [-0.4, -0.2) is 12.5 Å². The van der Waals surface area contributed by atoms with E-state index in [-0.39, 0.29) is 16.8 Å². The summed E-state index contributed by atoms with van der Waals surface area (Å²) in [7, 11) is 0. The van der Waals surface area contributed by atoms with Crippen molar-refractivity contribution in [2.24, 2.45) is 11.7 Å². The maximum absolute atomic E-state index is 12.8. The molecule has 0 spiro atoms. The van der Waals surface area contributed by atoms with Crippen molar-refractivity contribution in [2.45, 2.75) is 13.3 Å². The molecular formula is C11H14ClFN2O. The van der Waals surface area contributed by atoms with Gasteiger partial charge in [-0.3, -0.25) is 4.79 Å². The van der Waals surface area contributed by atoms with E-state index < -0.39 is 5.82 Å². The number of nitrogens with two attached hydrogens (primary N) is 1. The van der Waals surface area contributed by atoms with Crippen LogP contribution in [0.25, 0.3) is 0 Å². The summed E-state index contributed by atoms with van der Waals surface area (Å²) in [6.07, 6.45) is 0.602. The second-order valence-corrected chi connectivity index (χ2v) is 4.00. The molecule has 88 valence electrons. The van der Waals surface area contributed by atoms with Gasteiger partial charge in [-0.15, -0.1) is 0 Å². The lowest BCUT2D eigenvalue weighted by atomic mass is 10.1. The Balaban J connectivity index is 2.69. The van der Waals surface area contributed by atoms with Gasteiger partial charge in [-0.25, -0.2) is 4.39 Å². The fraction of sp³-hybridized carbons (Fsp3) is 0.364. The van der Waals surface area contributed by atoms with Crippen LogP contribution < -0.4 is 11.1 Å². The van der Waals surface area contributed by atoms with E-state index in [0.29, 0.717) is 18.7 Å². The lowest BCUT2D eigenvalue weighted by Crippen LogP contribution is -2.22. The third kappa shape index (κ3) is 3.47. The highest BCUT2D eigenvalue weighted by Crippen LogP contribution is 2.23. The summed E-state index contributed by atoms with van der Waals surface area (Å²) in [5.74, 6) is -0.789. The minimum atomic E-state index is -0.432. The van der Waals surface area contributed by atoms with Crippen LogP contribution in [0.1, 0.15) is 13.3 Å². The zero-order chi connectivity index (χ0) is 12.1. The number of carbonyl (C=O) groups is 1. The highest BCUT2D eigenvalue weighted by atomic mass is 35.5. The number of halogens is 2. The monoisotopic (exact) mass is 244 g/mol. The van der Waals surface area contributed by atoms with Crippen LogP contribution in [0.4, 0.5) is 10.1 Å². The quantitative estimate of drug-likeness (QED) is 0.855. The Kier molecular flexibility index (Phi) is 4.71. The molecule has 0 aromatic heterocycles. The zero-order valence-electron chi connectivity index (χ0n) is 8.97. The highest BCUT2D eigenvalue weighted by molar-refractivity contribution is 6.33. The first kappa shape index (κ1) is 12.9. The van der Waals surface area contributed by atoms with E-state index in [0.717, 1.165) is 6.07 Å². The van der Waals surface area contributed by atoms with E-state index in [1.807, 2.05) is 0 Å². The molecular weight excluding hydrogens is 231 g/mol. The molecule has 0 heterocycles. The molecule has 1 amide bonds. The Hall–Kier alpha value is -1.13. The van der Waals surface area contributed by atoms with Gasteiger partial charge in [-0.2, -0.15) is 0 Å². The Morgan fingerprint density at radius 1 is 1.62 bits per heavy atom. The van der Waals surface area contributed by atoms with E-state index in [1.54, 1.807) is 6.92 Å². The van der Waals surface area contributed by atoms with Gasteiger partial charge in [0.1, 0.15) is 5.82 Å². The van der Waals surface area contributed by atoms with E-state index in [9.17, 15) is 9.18 Å². The molecule has 0 radical (unpaired) electrons. The first-order valence-electron chi connectivity index (χ1n) is 5.00. The molecule has 0 saturated carbocycles. The second-order valence-electron chi connectivity index (χ2n) is 3.59. The molecule has 1 atom stereocenters. The van der Waals surface area contributed by atoms with Crippen LogP contribution in [0.5, 0.6) is 0 Å². The predicted molar refractivity (Wildman–Crippen MR) is 62.9 cm³/mol. The van der Waals surface area contributed by atoms with E-state index in [4.69, 9.17) is 17.3 Å². The molecule has 0 fully saturated rings. The van der Waals surface area contributed by atoms with Gasteiger partial charge in [-0.1, -0.05) is 18.5 Å². The smallest absolute Gasteiger partial charge is 0.227 e. The van der Waals surface area contributed by atoms with E-state index in [2.05, 4.69) is 5.32 Å². The summed E-state index contributed by atoms with van der Waals surface area (Å²) in [6.45, 7) is 2.23. The third-order valence-corrected chi connectivity index (χ3v) is 2.55. The topological polar surface area (TPSA) is 55.1 Å². The van der Waals surface area contributed by atoms with Gasteiger partial charge in [0, 0.05) is 5.92 Å². The molecule has 0 bridgehead atoms. The molecule has 0 aliphatic carbocycles. The lowest BCUT2D eigenvalue weighted by molar-refractivity contribution is -0.119. The molecule has 0 aliphatic rings. The highest BCUT2D eigenvalue weighted by Gasteiger charge is 2.13. The van der Waals surface area contributed by atoms with Crippen molar-refractivity contribution in [1.82, 2.24) is 0 Å². The average molecular weight is 245 g/mol. The molecule has 0 aliphatic heterocycles. The summed E-state index contributed by atoms with van der Waals surface area (Å²) < 4.78 is 12.8. The molecule has 1 aromatic rings. The summed E-state index contributed by atoms with van der Waals surface area (Å²) in [5.41, 5.74) is 5.77. The number of hydrogen-bond acceptors (Lipinski definition) is 2. The molecule has 0 saturated heterocycles. The van der Waals surface area contributed by atoms with Gasteiger partial charge in [-0.05, 0) is 31.2 Å². The molecule has 5 heteroatoms. The normalized spacial score (nSPS) is 12.2. The van der Waals surface area contributed by atoms with Gasteiger partial charge < -0.3 is 11.1 Å². The van der Waals surface area contributed by atoms with Crippen molar-refractivity contribution in [2.75, 3.05) is 11.9 Å². The van der Waals surface area contributed by atoms with Crippen LogP contribution in [0.3, 0.4) is 0 Å². The Labute approximate surface area is 98.8 Å². The fourth-order valence-electron chi connectivity index (χ4n) is 1.23. The Bertz CT molecular complexity index is 384. The summed E-state index contributed by atoms with van der Waals surface area (Å²) >= 11 is 5.78. The molecule has 3 nitrogen and oxygen atoms in total. The van der Waals surface area contributed by atoms with Gasteiger partial charge in [0.05, 0.1) is 10.7 Å². The van der Waals surface area contributed by atoms with Gasteiger partial charge >= 0.3 is 0 Å². The summed E-state index contributed by atoms with van der Waals surface area (Å²) in [4.78, 5) is 11.6. The number of carbonyl (C=O) groups excluding carboxylic acids is 1. The Morgan fingerprint density at radius 3 is 2.88 bits per heavy atom. The third-order valence-electron chi connectivity index (χ3n) is 2.24. The average Bonchev–Trinajstić information content (AvgIpc) is 2.22. The van der Waals surface area contributed by atoms with E-state index in [1.165, 1.54) is 12.1 Å². The van der Waals surface area contributed by atoms with Crippen LogP contribution in [0.15, 0.2) is 18.2 Å². The second kappa shape index (κ2) is 5.82. The van der Waals surface area contributed by atoms with Gasteiger partial charge in [0.25, 0.3) is 0 Å². The molecule has 1 aromatic carbocycles. The number of hydrogen-bond donors (Lipinski definition) is 2. The maximum atomic E-state index is 12.8.